The van der Waals surface area contributed by atoms with Crippen LogP contribution < -0.4 is 11.1 Å². The first-order chi connectivity index (χ1) is 10.2. The molecular formula is C16H24FN3O. The quantitative estimate of drug-likeness (QED) is 0.648. The van der Waals surface area contributed by atoms with Crippen molar-refractivity contribution in [3.63, 3.8) is 0 Å². The lowest BCUT2D eigenvalue weighted by molar-refractivity contribution is 0.111. The van der Waals surface area contributed by atoms with Crippen LogP contribution in [0.25, 0.3) is 0 Å². The SMILES string of the molecule is COC(CN=C(N)NC1CCCCC1)c1ccc(F)cc1. The Morgan fingerprint density at radius 3 is 2.62 bits per heavy atom. The number of rotatable bonds is 5. The summed E-state index contributed by atoms with van der Waals surface area (Å²) in [4.78, 5) is 4.35. The number of benzene rings is 1. The van der Waals surface area contributed by atoms with Crippen LogP contribution in [0, 0.1) is 5.82 Å². The van der Waals surface area contributed by atoms with Crippen LogP contribution in [0.5, 0.6) is 0 Å². The Hall–Kier alpha value is -1.62. The molecule has 3 N–H and O–H groups in total. The second-order valence-corrected chi connectivity index (χ2v) is 5.48. The molecule has 0 radical (unpaired) electrons. The van der Waals surface area contributed by atoms with E-state index in [9.17, 15) is 4.39 Å². The van der Waals surface area contributed by atoms with Gasteiger partial charge in [0.15, 0.2) is 5.96 Å². The van der Waals surface area contributed by atoms with Gasteiger partial charge in [0.05, 0.1) is 6.54 Å². The molecule has 4 nitrogen and oxygen atoms in total. The van der Waals surface area contributed by atoms with E-state index in [1.165, 1.54) is 31.4 Å². The van der Waals surface area contributed by atoms with Crippen LogP contribution in [0.2, 0.25) is 0 Å². The van der Waals surface area contributed by atoms with Gasteiger partial charge in [-0.15, -0.1) is 0 Å². The summed E-state index contributed by atoms with van der Waals surface area (Å²) in [7, 11) is 1.62. The first kappa shape index (κ1) is 15.8. The molecule has 1 fully saturated rings. The van der Waals surface area contributed by atoms with E-state index in [0.29, 0.717) is 18.5 Å². The van der Waals surface area contributed by atoms with Gasteiger partial charge >= 0.3 is 0 Å². The first-order valence-corrected chi connectivity index (χ1v) is 7.53. The zero-order valence-electron chi connectivity index (χ0n) is 12.5. The molecule has 116 valence electrons. The van der Waals surface area contributed by atoms with E-state index in [1.807, 2.05) is 0 Å². The molecule has 1 unspecified atom stereocenters. The van der Waals surface area contributed by atoms with Crippen LogP contribution in [0.4, 0.5) is 4.39 Å². The van der Waals surface area contributed by atoms with Gasteiger partial charge in [-0.05, 0) is 30.5 Å². The number of halogens is 1. The van der Waals surface area contributed by atoms with E-state index in [0.717, 1.165) is 18.4 Å². The molecule has 0 saturated heterocycles. The molecule has 1 saturated carbocycles. The Labute approximate surface area is 125 Å². The van der Waals surface area contributed by atoms with Crippen LogP contribution in [-0.4, -0.2) is 25.7 Å². The minimum Gasteiger partial charge on any atom is -0.375 e. The highest BCUT2D eigenvalue weighted by Crippen LogP contribution is 2.18. The molecule has 1 aromatic rings. The van der Waals surface area contributed by atoms with Crippen LogP contribution in [0.1, 0.15) is 43.8 Å². The third kappa shape index (κ3) is 5.01. The smallest absolute Gasteiger partial charge is 0.188 e. The highest BCUT2D eigenvalue weighted by Gasteiger charge is 2.14. The van der Waals surface area contributed by atoms with Gasteiger partial charge in [-0.3, -0.25) is 4.99 Å². The van der Waals surface area contributed by atoms with Crippen LogP contribution >= 0.6 is 0 Å². The summed E-state index contributed by atoms with van der Waals surface area (Å²) in [5.74, 6) is 0.210. The van der Waals surface area contributed by atoms with Gasteiger partial charge in [0.1, 0.15) is 11.9 Å². The molecule has 1 aromatic carbocycles. The predicted octanol–water partition coefficient (Wildman–Crippen LogP) is 2.75. The standard InChI is InChI=1S/C16H24FN3O/c1-21-15(12-7-9-13(17)10-8-12)11-19-16(18)20-14-5-3-2-4-6-14/h7-10,14-15H,2-6,11H2,1H3,(H3,18,19,20). The van der Waals surface area contributed by atoms with Gasteiger partial charge in [-0.2, -0.15) is 0 Å². The number of aliphatic imine (C=N–C) groups is 1. The number of nitrogens with two attached hydrogens (primary N) is 1. The predicted molar refractivity (Wildman–Crippen MR) is 82.6 cm³/mol. The van der Waals surface area contributed by atoms with Crippen molar-refractivity contribution < 1.29 is 9.13 Å². The van der Waals surface area contributed by atoms with Crippen LogP contribution in [0.15, 0.2) is 29.3 Å². The zero-order chi connectivity index (χ0) is 15.1. The van der Waals surface area contributed by atoms with Crippen molar-refractivity contribution in [3.05, 3.63) is 35.6 Å². The molecule has 0 spiro atoms. The maximum absolute atomic E-state index is 12.9. The molecule has 0 aromatic heterocycles. The summed E-state index contributed by atoms with van der Waals surface area (Å²) < 4.78 is 18.3. The summed E-state index contributed by atoms with van der Waals surface area (Å²) in [6.45, 7) is 0.424. The van der Waals surface area contributed by atoms with Crippen LogP contribution in [-0.2, 0) is 4.74 Å². The fraction of sp³-hybridized carbons (Fsp3) is 0.562. The molecule has 0 amide bonds. The highest BCUT2D eigenvalue weighted by atomic mass is 19.1. The van der Waals surface area contributed by atoms with Crippen molar-refractivity contribution in [2.45, 2.75) is 44.2 Å². The Bertz CT molecular complexity index is 455. The third-order valence-electron chi connectivity index (χ3n) is 3.91. The van der Waals surface area contributed by atoms with Gasteiger partial charge in [0, 0.05) is 13.2 Å². The van der Waals surface area contributed by atoms with Crippen LogP contribution in [0.3, 0.4) is 0 Å². The first-order valence-electron chi connectivity index (χ1n) is 7.53. The third-order valence-corrected chi connectivity index (χ3v) is 3.91. The van der Waals surface area contributed by atoms with Crippen molar-refractivity contribution >= 4 is 5.96 Å². The number of guanidine groups is 1. The molecule has 1 aliphatic rings. The van der Waals surface area contributed by atoms with E-state index >= 15 is 0 Å². The van der Waals surface area contributed by atoms with E-state index < -0.39 is 0 Å². The maximum atomic E-state index is 12.9. The Morgan fingerprint density at radius 1 is 1.33 bits per heavy atom. The zero-order valence-corrected chi connectivity index (χ0v) is 12.5. The summed E-state index contributed by atoms with van der Waals surface area (Å²) in [6, 6.07) is 6.71. The number of ether oxygens (including phenoxy) is 1. The minimum atomic E-state index is -0.254. The Balaban J connectivity index is 1.88. The van der Waals surface area contributed by atoms with Crippen molar-refractivity contribution in [1.82, 2.24) is 5.32 Å². The van der Waals surface area contributed by atoms with Crippen molar-refractivity contribution in [2.24, 2.45) is 10.7 Å². The Morgan fingerprint density at radius 2 is 2.00 bits per heavy atom. The summed E-state index contributed by atoms with van der Waals surface area (Å²) in [5, 5.41) is 3.27. The summed E-state index contributed by atoms with van der Waals surface area (Å²) in [6.07, 6.45) is 5.91. The lowest BCUT2D eigenvalue weighted by atomic mass is 9.96. The molecule has 0 aliphatic heterocycles. The molecule has 0 bridgehead atoms. The monoisotopic (exact) mass is 293 g/mol. The van der Waals surface area contributed by atoms with Crippen molar-refractivity contribution in [2.75, 3.05) is 13.7 Å². The summed E-state index contributed by atoms with van der Waals surface area (Å²) >= 11 is 0. The largest absolute Gasteiger partial charge is 0.375 e. The van der Waals surface area contributed by atoms with Crippen molar-refractivity contribution in [3.8, 4) is 0 Å². The average Bonchev–Trinajstić information content (AvgIpc) is 2.50. The number of hydrogen-bond acceptors (Lipinski definition) is 2. The van der Waals surface area contributed by atoms with E-state index in [1.54, 1.807) is 19.2 Å². The number of nitrogens with zero attached hydrogens (tertiary/aromatic N) is 1. The number of hydrogen-bond donors (Lipinski definition) is 2. The second kappa shape index (κ2) is 7.98. The molecular weight excluding hydrogens is 269 g/mol. The average molecular weight is 293 g/mol. The highest BCUT2D eigenvalue weighted by molar-refractivity contribution is 5.78. The normalized spacial score (nSPS) is 18.5. The fourth-order valence-corrected chi connectivity index (χ4v) is 2.68. The molecule has 1 atom stereocenters. The van der Waals surface area contributed by atoms with Gasteiger partial charge in [0.25, 0.3) is 0 Å². The lowest BCUT2D eigenvalue weighted by Crippen LogP contribution is -2.41. The van der Waals surface area contributed by atoms with Crippen molar-refractivity contribution in [1.29, 1.82) is 0 Å². The molecule has 5 heteroatoms. The summed E-state index contributed by atoms with van der Waals surface area (Å²) in [5.41, 5.74) is 6.83. The molecule has 21 heavy (non-hydrogen) atoms. The van der Waals surface area contributed by atoms with E-state index in [2.05, 4.69) is 10.3 Å². The molecule has 0 heterocycles. The molecule has 2 rings (SSSR count). The lowest BCUT2D eigenvalue weighted by Gasteiger charge is -2.23. The van der Waals surface area contributed by atoms with Gasteiger partial charge < -0.3 is 15.8 Å². The topological polar surface area (TPSA) is 59.6 Å². The van der Waals surface area contributed by atoms with Gasteiger partial charge in [0.2, 0.25) is 0 Å². The molecule has 1 aliphatic carbocycles. The Kier molecular flexibility index (Phi) is 5.99. The van der Waals surface area contributed by atoms with E-state index in [4.69, 9.17) is 10.5 Å². The van der Waals surface area contributed by atoms with E-state index in [-0.39, 0.29) is 11.9 Å². The maximum Gasteiger partial charge on any atom is 0.188 e. The van der Waals surface area contributed by atoms with Gasteiger partial charge in [-0.1, -0.05) is 31.4 Å². The minimum absolute atomic E-state index is 0.211. The number of nitrogens with one attached hydrogen (secondary N) is 1. The second-order valence-electron chi connectivity index (χ2n) is 5.48. The van der Waals surface area contributed by atoms with Gasteiger partial charge in [-0.25, -0.2) is 4.39 Å². The fourth-order valence-electron chi connectivity index (χ4n) is 2.68. The number of methoxy groups -OCH3 is 1.